The molecule has 0 radical (unpaired) electrons. The standard InChI is InChI=1S/C14H22O4/c1-3-4-9-13(15)17-10-18-14(16)12-8-6-5-7-11(12)2/h8,11H,3-7,9-10H2,1-2H3. The van der Waals surface area contributed by atoms with Crippen molar-refractivity contribution in [2.75, 3.05) is 6.79 Å². The maximum absolute atomic E-state index is 11.7. The Labute approximate surface area is 108 Å². The number of esters is 2. The van der Waals surface area contributed by atoms with Crippen LogP contribution in [0.5, 0.6) is 0 Å². The Kier molecular flexibility index (Phi) is 6.47. The van der Waals surface area contributed by atoms with Gasteiger partial charge in [0.25, 0.3) is 0 Å². The molecule has 1 unspecified atom stereocenters. The van der Waals surface area contributed by atoms with Gasteiger partial charge in [0, 0.05) is 12.0 Å². The van der Waals surface area contributed by atoms with E-state index in [2.05, 4.69) is 0 Å². The smallest absolute Gasteiger partial charge is 0.336 e. The van der Waals surface area contributed by atoms with E-state index in [1.807, 2.05) is 19.9 Å². The Hall–Kier alpha value is -1.32. The van der Waals surface area contributed by atoms with E-state index in [9.17, 15) is 9.59 Å². The van der Waals surface area contributed by atoms with E-state index in [1.165, 1.54) is 0 Å². The highest BCUT2D eigenvalue weighted by molar-refractivity contribution is 5.89. The van der Waals surface area contributed by atoms with Crippen molar-refractivity contribution >= 4 is 11.9 Å². The van der Waals surface area contributed by atoms with Crippen molar-refractivity contribution in [1.29, 1.82) is 0 Å². The van der Waals surface area contributed by atoms with Gasteiger partial charge in [-0.2, -0.15) is 0 Å². The predicted molar refractivity (Wildman–Crippen MR) is 67.7 cm³/mol. The molecule has 0 fully saturated rings. The average molecular weight is 254 g/mol. The summed E-state index contributed by atoms with van der Waals surface area (Å²) in [5.74, 6) is -0.428. The maximum atomic E-state index is 11.7. The van der Waals surface area contributed by atoms with Crippen molar-refractivity contribution in [3.8, 4) is 0 Å². The second-order valence-corrected chi connectivity index (χ2v) is 4.66. The Morgan fingerprint density at radius 3 is 2.83 bits per heavy atom. The second kappa shape index (κ2) is 7.90. The molecule has 4 nitrogen and oxygen atoms in total. The zero-order chi connectivity index (χ0) is 13.4. The van der Waals surface area contributed by atoms with Crippen LogP contribution in [-0.4, -0.2) is 18.7 Å². The quantitative estimate of drug-likeness (QED) is 0.540. The summed E-state index contributed by atoms with van der Waals surface area (Å²) in [5, 5.41) is 0. The van der Waals surface area contributed by atoms with Gasteiger partial charge in [0.2, 0.25) is 6.79 Å². The van der Waals surface area contributed by atoms with Crippen LogP contribution in [0.3, 0.4) is 0 Å². The van der Waals surface area contributed by atoms with Gasteiger partial charge in [-0.25, -0.2) is 4.79 Å². The molecular weight excluding hydrogens is 232 g/mol. The van der Waals surface area contributed by atoms with Gasteiger partial charge in [0.15, 0.2) is 0 Å². The minimum atomic E-state index is -0.356. The molecule has 0 aromatic rings. The molecule has 0 aromatic carbocycles. The van der Waals surface area contributed by atoms with E-state index >= 15 is 0 Å². The Bertz CT molecular complexity index is 320. The molecule has 0 saturated carbocycles. The van der Waals surface area contributed by atoms with E-state index in [1.54, 1.807) is 0 Å². The summed E-state index contributed by atoms with van der Waals surface area (Å²) in [5.41, 5.74) is 0.714. The fourth-order valence-electron chi connectivity index (χ4n) is 1.95. The summed E-state index contributed by atoms with van der Waals surface area (Å²) >= 11 is 0. The summed E-state index contributed by atoms with van der Waals surface area (Å²) < 4.78 is 9.78. The summed E-state index contributed by atoms with van der Waals surface area (Å²) in [6.07, 6.45) is 7.10. The van der Waals surface area contributed by atoms with Crippen molar-refractivity contribution in [3.05, 3.63) is 11.6 Å². The molecule has 18 heavy (non-hydrogen) atoms. The van der Waals surface area contributed by atoms with Gasteiger partial charge < -0.3 is 9.47 Å². The molecule has 4 heteroatoms. The van der Waals surface area contributed by atoms with Gasteiger partial charge in [-0.3, -0.25) is 4.79 Å². The lowest BCUT2D eigenvalue weighted by Crippen LogP contribution is -2.19. The molecule has 0 bridgehead atoms. The number of ether oxygens (including phenoxy) is 2. The van der Waals surface area contributed by atoms with Crippen LogP contribution in [0.1, 0.15) is 52.4 Å². The maximum Gasteiger partial charge on any atom is 0.336 e. The van der Waals surface area contributed by atoms with Gasteiger partial charge >= 0.3 is 11.9 Å². The predicted octanol–water partition coefficient (Wildman–Crippen LogP) is 2.97. The normalized spacial score (nSPS) is 19.0. The molecule has 1 rings (SSSR count). The molecule has 1 aliphatic carbocycles. The first kappa shape index (κ1) is 14.7. The Morgan fingerprint density at radius 2 is 2.17 bits per heavy atom. The number of carbonyl (C=O) groups is 2. The second-order valence-electron chi connectivity index (χ2n) is 4.66. The van der Waals surface area contributed by atoms with Crippen molar-refractivity contribution < 1.29 is 19.1 Å². The van der Waals surface area contributed by atoms with Gasteiger partial charge in [-0.15, -0.1) is 0 Å². The molecule has 1 aliphatic rings. The summed E-state index contributed by atoms with van der Waals surface area (Å²) in [6.45, 7) is 3.75. The first-order valence-electron chi connectivity index (χ1n) is 6.68. The van der Waals surface area contributed by atoms with E-state index in [0.29, 0.717) is 12.0 Å². The van der Waals surface area contributed by atoms with Crippen LogP contribution >= 0.6 is 0 Å². The Balaban J connectivity index is 2.24. The number of unbranched alkanes of at least 4 members (excludes halogenated alkanes) is 1. The van der Waals surface area contributed by atoms with E-state index in [-0.39, 0.29) is 24.6 Å². The summed E-state index contributed by atoms with van der Waals surface area (Å²) in [4.78, 5) is 22.9. The highest BCUT2D eigenvalue weighted by atomic mass is 16.7. The largest absolute Gasteiger partial charge is 0.428 e. The topological polar surface area (TPSA) is 52.6 Å². The van der Waals surface area contributed by atoms with Gasteiger partial charge in [-0.1, -0.05) is 26.3 Å². The number of hydrogen-bond donors (Lipinski definition) is 0. The molecule has 0 amide bonds. The number of allylic oxidation sites excluding steroid dienone is 1. The molecule has 0 aliphatic heterocycles. The fraction of sp³-hybridized carbons (Fsp3) is 0.714. The van der Waals surface area contributed by atoms with Crippen molar-refractivity contribution in [2.45, 2.75) is 52.4 Å². The molecule has 0 spiro atoms. The van der Waals surface area contributed by atoms with Crippen LogP contribution in [0, 0.1) is 5.92 Å². The zero-order valence-electron chi connectivity index (χ0n) is 11.2. The molecule has 0 heterocycles. The van der Waals surface area contributed by atoms with Gasteiger partial charge in [0.05, 0.1) is 0 Å². The Morgan fingerprint density at radius 1 is 1.39 bits per heavy atom. The van der Waals surface area contributed by atoms with Crippen LogP contribution in [0.25, 0.3) is 0 Å². The fourth-order valence-corrected chi connectivity index (χ4v) is 1.95. The van der Waals surface area contributed by atoms with Gasteiger partial charge in [-0.05, 0) is 31.6 Å². The number of hydrogen-bond acceptors (Lipinski definition) is 4. The third kappa shape index (κ3) is 4.90. The number of carbonyl (C=O) groups excluding carboxylic acids is 2. The highest BCUT2D eigenvalue weighted by Crippen LogP contribution is 2.24. The van der Waals surface area contributed by atoms with Crippen LogP contribution in [-0.2, 0) is 19.1 Å². The minimum absolute atomic E-state index is 0.238. The van der Waals surface area contributed by atoms with E-state index in [0.717, 1.165) is 32.1 Å². The van der Waals surface area contributed by atoms with Crippen LogP contribution in [0.4, 0.5) is 0 Å². The third-order valence-corrected chi connectivity index (χ3v) is 3.12. The minimum Gasteiger partial charge on any atom is -0.428 e. The molecule has 0 aromatic heterocycles. The first-order chi connectivity index (χ1) is 8.65. The van der Waals surface area contributed by atoms with Crippen molar-refractivity contribution in [1.82, 2.24) is 0 Å². The van der Waals surface area contributed by atoms with E-state index in [4.69, 9.17) is 9.47 Å². The van der Waals surface area contributed by atoms with Crippen molar-refractivity contribution in [2.24, 2.45) is 5.92 Å². The van der Waals surface area contributed by atoms with Crippen LogP contribution in [0.2, 0.25) is 0 Å². The van der Waals surface area contributed by atoms with Crippen LogP contribution in [0.15, 0.2) is 11.6 Å². The van der Waals surface area contributed by atoms with Crippen LogP contribution < -0.4 is 0 Å². The summed E-state index contributed by atoms with van der Waals surface area (Å²) in [7, 11) is 0. The SMILES string of the molecule is CCCCC(=O)OCOC(=O)C1=CCCCC1C. The lowest BCUT2D eigenvalue weighted by atomic mass is 9.89. The first-order valence-corrected chi connectivity index (χ1v) is 6.68. The molecule has 0 N–H and O–H groups in total. The molecule has 1 atom stereocenters. The van der Waals surface area contributed by atoms with Gasteiger partial charge in [0.1, 0.15) is 0 Å². The molecule has 102 valence electrons. The lowest BCUT2D eigenvalue weighted by molar-refractivity contribution is -0.165. The van der Waals surface area contributed by atoms with Crippen molar-refractivity contribution in [3.63, 3.8) is 0 Å². The summed E-state index contributed by atoms with van der Waals surface area (Å²) in [6, 6.07) is 0. The third-order valence-electron chi connectivity index (χ3n) is 3.12. The zero-order valence-corrected chi connectivity index (χ0v) is 11.2. The average Bonchev–Trinajstić information content (AvgIpc) is 2.36. The number of rotatable bonds is 6. The molecule has 0 saturated heterocycles. The highest BCUT2D eigenvalue weighted by Gasteiger charge is 2.21. The van der Waals surface area contributed by atoms with E-state index < -0.39 is 0 Å². The molecular formula is C14H22O4. The monoisotopic (exact) mass is 254 g/mol. The lowest BCUT2D eigenvalue weighted by Gasteiger charge is -2.18.